The topological polar surface area (TPSA) is 109 Å². The molecule has 0 bridgehead atoms. The third-order valence-electron chi connectivity index (χ3n) is 9.92. The van der Waals surface area contributed by atoms with Crippen LogP contribution in [0.5, 0.6) is 0 Å². The van der Waals surface area contributed by atoms with Gasteiger partial charge in [0.05, 0.1) is 15.8 Å². The fourth-order valence-corrected chi connectivity index (χ4v) is 7.90. The van der Waals surface area contributed by atoms with Crippen LogP contribution in [-0.2, 0) is 30.9 Å². The number of fused-ring (bicyclic) bond motifs is 3. The van der Waals surface area contributed by atoms with Crippen molar-refractivity contribution < 1.29 is 43.2 Å². The number of aromatic nitrogens is 3. The minimum absolute atomic E-state index is 0. The monoisotopic (exact) mass is 936 g/mol. The molecule has 2 aliphatic rings. The van der Waals surface area contributed by atoms with Gasteiger partial charge in [0.15, 0.2) is 0 Å². The van der Waals surface area contributed by atoms with Crippen LogP contribution in [0, 0.1) is 17.7 Å². The van der Waals surface area contributed by atoms with Gasteiger partial charge in [0.25, 0.3) is 0 Å². The van der Waals surface area contributed by atoms with Crippen molar-refractivity contribution in [2.45, 2.75) is 51.4 Å². The Hall–Kier alpha value is -5.16. The van der Waals surface area contributed by atoms with Crippen LogP contribution in [-0.4, -0.2) is 39.1 Å². The molecule has 0 atom stereocenters. The molecule has 55 heavy (non-hydrogen) atoms. The molecule has 9 rings (SSSR count). The summed E-state index contributed by atoms with van der Waals surface area (Å²) in [4.78, 5) is 38.0. The Bertz CT molecular complexity index is 2530. The van der Waals surface area contributed by atoms with Crippen LogP contribution >= 0.6 is 11.3 Å². The number of halogens is 2. The molecule has 12 heteroatoms. The van der Waals surface area contributed by atoms with Crippen LogP contribution in [0.3, 0.4) is 0 Å². The number of thiazole rings is 1. The summed E-state index contributed by atoms with van der Waals surface area (Å²) >= 11 is 1.54. The largest absolute Gasteiger partial charge is 0.477 e. The van der Waals surface area contributed by atoms with E-state index < -0.39 is 17.6 Å². The molecule has 0 unspecified atom stereocenters. The fourth-order valence-electron chi connectivity index (χ4n) is 6.93. The van der Waals surface area contributed by atoms with E-state index in [-0.39, 0.29) is 47.8 Å². The molecule has 0 saturated carbocycles. The summed E-state index contributed by atoms with van der Waals surface area (Å²) in [5, 5.41) is 10.1. The average molecular weight is 936 g/mol. The summed E-state index contributed by atoms with van der Waals surface area (Å²) in [6, 6.07) is 26.6. The van der Waals surface area contributed by atoms with Crippen LogP contribution in [0.2, 0.25) is 0 Å². The number of hydrogen-bond donors (Lipinski definition) is 1. The summed E-state index contributed by atoms with van der Waals surface area (Å²) in [5.74, 6) is -2.28. The minimum Gasteiger partial charge on any atom is -0.477 e. The van der Waals surface area contributed by atoms with E-state index in [9.17, 15) is 18.4 Å². The van der Waals surface area contributed by atoms with Gasteiger partial charge in [-0.15, -0.1) is 23.5 Å². The van der Waals surface area contributed by atoms with Crippen LogP contribution in [0.15, 0.2) is 107 Å². The van der Waals surface area contributed by atoms with Gasteiger partial charge < -0.3 is 19.4 Å². The number of carbonyl (C=O) groups is 1. The number of hydrogen-bond acceptors (Lipinski definition) is 8. The number of carboxylic acids is 1. The number of aromatic carboxylic acids is 1. The molecule has 1 N–H and O–H groups in total. The number of nitrogens with zero attached hydrogens (tertiary/aromatic N) is 4. The molecule has 283 valence electrons. The van der Waals surface area contributed by atoms with E-state index in [1.165, 1.54) is 29.1 Å². The van der Waals surface area contributed by atoms with Crippen molar-refractivity contribution in [1.82, 2.24) is 15.0 Å². The van der Waals surface area contributed by atoms with Crippen molar-refractivity contribution in [3.8, 4) is 21.8 Å². The van der Waals surface area contributed by atoms with Gasteiger partial charge in [-0.05, 0) is 77.4 Å². The molecule has 0 aliphatic carbocycles. The van der Waals surface area contributed by atoms with Crippen LogP contribution < -0.4 is 10.5 Å². The van der Waals surface area contributed by atoms with Crippen LogP contribution in [0.4, 0.5) is 14.5 Å². The van der Waals surface area contributed by atoms with Gasteiger partial charge in [0.1, 0.15) is 16.3 Å². The quantitative estimate of drug-likeness (QED) is 0.138. The number of carboxylic acid groups (broad SMARTS) is 1. The Morgan fingerprint density at radius 2 is 1.60 bits per heavy atom. The first-order valence-corrected chi connectivity index (χ1v) is 18.3. The molecular formula is C43H37F2IrN4O4S-. The van der Waals surface area contributed by atoms with E-state index in [1.54, 1.807) is 47.9 Å². The van der Waals surface area contributed by atoms with E-state index >= 15 is 0 Å². The molecule has 0 spiro atoms. The van der Waals surface area contributed by atoms with E-state index in [0.717, 1.165) is 64.3 Å². The van der Waals surface area contributed by atoms with Gasteiger partial charge in [0, 0.05) is 73.9 Å². The number of rotatable bonds is 3. The predicted octanol–water partition coefficient (Wildman–Crippen LogP) is 9.84. The average Bonchev–Trinajstić information content (AvgIpc) is 3.59. The SMILES string of the molecule is CC1(C)CCN2CCC(C)(C)c3c2c1cc1cc(-c2nc4ccccc4s2)c(=O)oc31.Fc1c[c-]c(-c2ccccn2)c(F)c1.O=C(O)c1ccccn1.[Ir]. The third kappa shape index (κ3) is 8.12. The summed E-state index contributed by atoms with van der Waals surface area (Å²) in [5.41, 5.74) is 6.57. The Morgan fingerprint density at radius 3 is 2.24 bits per heavy atom. The molecule has 1 radical (unpaired) electrons. The van der Waals surface area contributed by atoms with Gasteiger partial charge >= 0.3 is 11.6 Å². The van der Waals surface area contributed by atoms with Gasteiger partial charge in [-0.3, -0.25) is 8.78 Å². The first-order chi connectivity index (χ1) is 25.8. The second kappa shape index (κ2) is 15.9. The van der Waals surface area contributed by atoms with E-state index in [2.05, 4.69) is 54.7 Å². The van der Waals surface area contributed by atoms with E-state index in [4.69, 9.17) is 14.5 Å². The molecule has 0 saturated heterocycles. The smallest absolute Gasteiger partial charge is 0.354 e. The fraction of sp³-hybridized carbons (Fsp3) is 0.233. The summed E-state index contributed by atoms with van der Waals surface area (Å²) in [6.07, 6.45) is 5.19. The van der Waals surface area contributed by atoms with E-state index in [1.807, 2.05) is 30.3 Å². The molecule has 7 aromatic rings. The third-order valence-corrected chi connectivity index (χ3v) is 11.0. The Kier molecular flexibility index (Phi) is 11.4. The zero-order valence-electron chi connectivity index (χ0n) is 30.5. The molecule has 2 aliphatic heterocycles. The second-order valence-corrected chi connectivity index (χ2v) is 15.6. The second-order valence-electron chi connectivity index (χ2n) is 14.5. The van der Waals surface area contributed by atoms with Crippen molar-refractivity contribution in [3.05, 3.63) is 142 Å². The standard InChI is InChI=1S/C26H26N2O2S.C11H6F2N.C6H5NO2.Ir/c1-25(2)9-11-28-12-10-26(3,4)20-21(28)17(25)14-15-13-16(24(29)30-22(15)20)23-27-18-7-5-6-8-19(18)31-23;12-8-4-5-9(10(13)7-8)11-3-1-2-6-14-11;8-6(9)5-3-1-2-4-7-5;/h5-8,13-14H,9-12H2,1-4H3;1-4,6-7H;1-4H,(H,8,9);/q;-1;;. The van der Waals surface area contributed by atoms with Gasteiger partial charge in [-0.1, -0.05) is 69.7 Å². The maximum Gasteiger partial charge on any atom is 0.354 e. The molecule has 8 nitrogen and oxygen atoms in total. The zero-order valence-corrected chi connectivity index (χ0v) is 33.7. The first kappa shape index (κ1) is 39.5. The molecule has 6 heterocycles. The first-order valence-electron chi connectivity index (χ1n) is 17.5. The Morgan fingerprint density at radius 1 is 0.909 bits per heavy atom. The molecule has 0 amide bonds. The number of para-hydroxylation sites is 1. The number of pyridine rings is 2. The van der Waals surface area contributed by atoms with E-state index in [0.29, 0.717) is 11.3 Å². The van der Waals surface area contributed by atoms with Gasteiger partial charge in [-0.2, -0.15) is 0 Å². The van der Waals surface area contributed by atoms with Crippen molar-refractivity contribution in [2.75, 3.05) is 18.0 Å². The molecule has 3 aromatic carbocycles. The zero-order chi connectivity index (χ0) is 38.2. The van der Waals surface area contributed by atoms with Crippen molar-refractivity contribution >= 4 is 44.2 Å². The molecule has 0 fully saturated rings. The predicted molar refractivity (Wildman–Crippen MR) is 208 cm³/mol. The summed E-state index contributed by atoms with van der Waals surface area (Å²) < 4.78 is 33.0. The normalized spacial score (nSPS) is 14.8. The van der Waals surface area contributed by atoms with Crippen molar-refractivity contribution in [1.29, 1.82) is 0 Å². The Balaban J connectivity index is 0.000000177. The molecular weight excluding hydrogens is 899 g/mol. The van der Waals surface area contributed by atoms with Crippen LogP contribution in [0.1, 0.15) is 62.2 Å². The van der Waals surface area contributed by atoms with Gasteiger partial charge in [-0.25, -0.2) is 19.6 Å². The van der Waals surface area contributed by atoms with Crippen molar-refractivity contribution in [2.24, 2.45) is 0 Å². The summed E-state index contributed by atoms with van der Waals surface area (Å²) in [6.45, 7) is 11.3. The number of anilines is 1. The van der Waals surface area contributed by atoms with Crippen molar-refractivity contribution in [3.63, 3.8) is 0 Å². The Labute approximate surface area is 334 Å². The summed E-state index contributed by atoms with van der Waals surface area (Å²) in [7, 11) is 0. The number of benzene rings is 3. The minimum atomic E-state index is -0.990. The maximum atomic E-state index is 13.2. The maximum absolute atomic E-state index is 13.2. The molecule has 4 aromatic heterocycles. The van der Waals surface area contributed by atoms with Gasteiger partial charge in [0.2, 0.25) is 0 Å². The van der Waals surface area contributed by atoms with Crippen LogP contribution in [0.25, 0.3) is 43.0 Å².